The second-order valence-corrected chi connectivity index (χ2v) is 14.4. The topological polar surface area (TPSA) is 18.5 Å². The van der Waals surface area contributed by atoms with E-state index in [1.165, 1.54) is 193 Å². The van der Waals surface area contributed by atoms with E-state index in [4.69, 9.17) is 9.47 Å². The number of hydrogen-bond donors (Lipinski definition) is 0. The molecule has 0 saturated heterocycles. The molecule has 0 rings (SSSR count). The van der Waals surface area contributed by atoms with Gasteiger partial charge in [-0.3, -0.25) is 0 Å². The largest absolute Gasteiger partial charge is 0.379 e. The van der Waals surface area contributed by atoms with Crippen molar-refractivity contribution in [1.82, 2.24) is 0 Å². The van der Waals surface area contributed by atoms with Crippen LogP contribution >= 0.6 is 15.9 Å². The van der Waals surface area contributed by atoms with Gasteiger partial charge in [0, 0.05) is 18.5 Å². The average molecular weight is 698 g/mol. The molecule has 0 spiro atoms. The SMILES string of the molecule is CCCCCCCC/C=C\CCCCCCCCOC[C@H](CCCCBr)OCCCCCCCC/C=C\CCCCCCCC. The van der Waals surface area contributed by atoms with Gasteiger partial charge in [0.2, 0.25) is 0 Å². The molecule has 3 heteroatoms. The van der Waals surface area contributed by atoms with E-state index in [0.29, 0.717) is 0 Å². The molecule has 0 unspecified atom stereocenters. The first-order valence-corrected chi connectivity index (χ1v) is 21.5. The van der Waals surface area contributed by atoms with Gasteiger partial charge in [-0.15, -0.1) is 0 Å². The third-order valence-corrected chi connectivity index (χ3v) is 9.58. The van der Waals surface area contributed by atoms with Crippen molar-refractivity contribution in [2.75, 3.05) is 25.2 Å². The molecule has 0 N–H and O–H groups in total. The van der Waals surface area contributed by atoms with Crippen LogP contribution in [0.3, 0.4) is 0 Å². The van der Waals surface area contributed by atoms with E-state index in [2.05, 4.69) is 54.1 Å². The molecule has 0 aliphatic heterocycles. The predicted octanol–water partition coefficient (Wildman–Crippen LogP) is 15.0. The van der Waals surface area contributed by atoms with Crippen molar-refractivity contribution in [2.45, 2.75) is 219 Å². The van der Waals surface area contributed by atoms with E-state index in [1.807, 2.05) is 0 Å². The summed E-state index contributed by atoms with van der Waals surface area (Å²) in [5.74, 6) is 0. The maximum absolute atomic E-state index is 6.29. The lowest BCUT2D eigenvalue weighted by Crippen LogP contribution is -2.21. The highest BCUT2D eigenvalue weighted by Crippen LogP contribution is 2.13. The van der Waals surface area contributed by atoms with Crippen LogP contribution in [0.4, 0.5) is 0 Å². The minimum Gasteiger partial charge on any atom is -0.379 e. The lowest BCUT2D eigenvalue weighted by molar-refractivity contribution is -0.0232. The van der Waals surface area contributed by atoms with Gasteiger partial charge >= 0.3 is 0 Å². The van der Waals surface area contributed by atoms with Gasteiger partial charge in [-0.25, -0.2) is 0 Å². The highest BCUT2D eigenvalue weighted by atomic mass is 79.9. The summed E-state index contributed by atoms with van der Waals surface area (Å²) < 4.78 is 12.4. The minimum atomic E-state index is 0.279. The van der Waals surface area contributed by atoms with Crippen LogP contribution in [0.5, 0.6) is 0 Å². The third-order valence-electron chi connectivity index (χ3n) is 9.02. The van der Waals surface area contributed by atoms with Crippen molar-refractivity contribution in [1.29, 1.82) is 0 Å². The van der Waals surface area contributed by atoms with Crippen LogP contribution in [-0.2, 0) is 9.47 Å². The van der Waals surface area contributed by atoms with Gasteiger partial charge in [0.05, 0.1) is 12.7 Å². The van der Waals surface area contributed by atoms with Crippen molar-refractivity contribution in [3.05, 3.63) is 24.3 Å². The number of rotatable bonds is 39. The Morgan fingerprint density at radius 2 is 0.800 bits per heavy atom. The number of ether oxygens (including phenoxy) is 2. The van der Waals surface area contributed by atoms with Crippen molar-refractivity contribution in [3.63, 3.8) is 0 Å². The first kappa shape index (κ1) is 44.9. The van der Waals surface area contributed by atoms with Gasteiger partial charge in [0.25, 0.3) is 0 Å². The van der Waals surface area contributed by atoms with E-state index in [0.717, 1.165) is 31.6 Å². The second kappa shape index (κ2) is 41.9. The lowest BCUT2D eigenvalue weighted by atomic mass is 10.1. The molecule has 0 amide bonds. The molecule has 0 saturated carbocycles. The van der Waals surface area contributed by atoms with Crippen LogP contribution in [0.2, 0.25) is 0 Å². The highest BCUT2D eigenvalue weighted by Gasteiger charge is 2.09. The van der Waals surface area contributed by atoms with E-state index >= 15 is 0 Å². The molecular formula is C42H81BrO2. The zero-order valence-electron chi connectivity index (χ0n) is 30.8. The standard InChI is InChI=1S/C42H81BrO2/c1-3-5-7-9-11-13-15-17-19-21-23-25-27-29-31-35-39-44-41-42(37-33-34-38-43)45-40-36-32-30-28-26-24-22-20-18-16-14-12-10-8-6-4-2/h17-20,42H,3-16,21-41H2,1-2H3/b19-17-,20-18-/t42-/m0/s1. The molecule has 0 fully saturated rings. The van der Waals surface area contributed by atoms with Crippen LogP contribution in [0.15, 0.2) is 24.3 Å². The van der Waals surface area contributed by atoms with Crippen molar-refractivity contribution in [2.24, 2.45) is 0 Å². The van der Waals surface area contributed by atoms with Gasteiger partial charge in [-0.2, -0.15) is 0 Å². The normalized spacial score (nSPS) is 12.7. The summed E-state index contributed by atoms with van der Waals surface area (Å²) in [6.45, 7) is 7.16. The molecule has 2 nitrogen and oxygen atoms in total. The zero-order chi connectivity index (χ0) is 32.6. The van der Waals surface area contributed by atoms with Crippen LogP contribution in [0, 0.1) is 0 Å². The van der Waals surface area contributed by atoms with Crippen LogP contribution in [0.1, 0.15) is 213 Å². The first-order chi connectivity index (χ1) is 22.3. The van der Waals surface area contributed by atoms with Gasteiger partial charge in [0.1, 0.15) is 0 Å². The number of hydrogen-bond acceptors (Lipinski definition) is 2. The molecule has 0 bridgehead atoms. The van der Waals surface area contributed by atoms with E-state index < -0.39 is 0 Å². The minimum absolute atomic E-state index is 0.279. The van der Waals surface area contributed by atoms with Gasteiger partial charge < -0.3 is 9.47 Å². The summed E-state index contributed by atoms with van der Waals surface area (Å²) in [5.41, 5.74) is 0. The van der Waals surface area contributed by atoms with Crippen LogP contribution in [-0.4, -0.2) is 31.3 Å². The molecule has 0 radical (unpaired) electrons. The molecule has 0 aliphatic carbocycles. The van der Waals surface area contributed by atoms with Gasteiger partial charge in [0.15, 0.2) is 0 Å². The maximum atomic E-state index is 6.29. The lowest BCUT2D eigenvalue weighted by Gasteiger charge is -2.18. The molecule has 45 heavy (non-hydrogen) atoms. The molecule has 1 atom stereocenters. The Hall–Kier alpha value is -0.120. The molecule has 268 valence electrons. The molecule has 0 aliphatic rings. The Kier molecular flexibility index (Phi) is 41.8. The summed E-state index contributed by atoms with van der Waals surface area (Å²) in [4.78, 5) is 0. The van der Waals surface area contributed by atoms with Gasteiger partial charge in [-0.05, 0) is 83.5 Å². The van der Waals surface area contributed by atoms with E-state index in [1.54, 1.807) is 0 Å². The summed E-state index contributed by atoms with van der Waals surface area (Å²) in [5, 5.41) is 1.09. The zero-order valence-corrected chi connectivity index (χ0v) is 32.4. The van der Waals surface area contributed by atoms with Crippen molar-refractivity contribution >= 4 is 15.9 Å². The number of allylic oxidation sites excluding steroid dienone is 4. The van der Waals surface area contributed by atoms with E-state index in [9.17, 15) is 0 Å². The molecule has 0 aromatic rings. The van der Waals surface area contributed by atoms with Crippen LogP contribution < -0.4 is 0 Å². The predicted molar refractivity (Wildman–Crippen MR) is 207 cm³/mol. The molecule has 0 heterocycles. The summed E-state index contributed by atoms with van der Waals surface area (Å²) in [6.07, 6.45) is 51.4. The van der Waals surface area contributed by atoms with Crippen LogP contribution in [0.25, 0.3) is 0 Å². The van der Waals surface area contributed by atoms with E-state index in [-0.39, 0.29) is 6.10 Å². The second-order valence-electron chi connectivity index (χ2n) is 13.6. The Morgan fingerprint density at radius 3 is 1.22 bits per heavy atom. The smallest absolute Gasteiger partial charge is 0.0808 e. The quantitative estimate of drug-likeness (QED) is 0.0362. The molecular weight excluding hydrogens is 616 g/mol. The fourth-order valence-corrected chi connectivity index (χ4v) is 6.34. The Bertz CT molecular complexity index is 575. The fourth-order valence-electron chi connectivity index (χ4n) is 5.95. The van der Waals surface area contributed by atoms with Crippen molar-refractivity contribution in [3.8, 4) is 0 Å². The summed E-state index contributed by atoms with van der Waals surface area (Å²) in [6, 6.07) is 0. The number of unbranched alkanes of at least 4 members (excludes halogenated alkanes) is 25. The number of halogens is 1. The maximum Gasteiger partial charge on any atom is 0.0808 e. The average Bonchev–Trinajstić information content (AvgIpc) is 3.05. The van der Waals surface area contributed by atoms with Crippen molar-refractivity contribution < 1.29 is 9.47 Å². The third kappa shape index (κ3) is 40.0. The monoisotopic (exact) mass is 697 g/mol. The Morgan fingerprint density at radius 1 is 0.422 bits per heavy atom. The fraction of sp³-hybridized carbons (Fsp3) is 0.905. The first-order valence-electron chi connectivity index (χ1n) is 20.4. The Labute approximate surface area is 292 Å². The summed E-state index contributed by atoms with van der Waals surface area (Å²) in [7, 11) is 0. The number of alkyl halides is 1. The highest BCUT2D eigenvalue weighted by molar-refractivity contribution is 9.09. The van der Waals surface area contributed by atoms with Gasteiger partial charge in [-0.1, -0.05) is 170 Å². The summed E-state index contributed by atoms with van der Waals surface area (Å²) >= 11 is 3.58. The Balaban J connectivity index is 3.59. The molecule has 0 aromatic heterocycles. The molecule has 0 aromatic carbocycles.